The molecule has 1 heterocycles. The zero-order valence-corrected chi connectivity index (χ0v) is 20.9. The molecule has 3 N–H and O–H groups in total. The third-order valence-electron chi connectivity index (χ3n) is 5.10. The van der Waals surface area contributed by atoms with Gasteiger partial charge in [-0.05, 0) is 89.9 Å². The number of hydrogen-bond acceptors (Lipinski definition) is 5. The molecule has 2 aromatic rings. The van der Waals surface area contributed by atoms with Crippen molar-refractivity contribution in [1.82, 2.24) is 10.6 Å². The van der Waals surface area contributed by atoms with Gasteiger partial charge in [0.05, 0.1) is 17.2 Å². The first-order valence-electron chi connectivity index (χ1n) is 11.0. The van der Waals surface area contributed by atoms with Gasteiger partial charge in [-0.25, -0.2) is 0 Å². The number of carbonyl (C=O) groups excluding carboxylic acids is 2. The molecule has 7 nitrogen and oxygen atoms in total. The topological polar surface area (TPSA) is 88.7 Å². The van der Waals surface area contributed by atoms with Gasteiger partial charge in [0.15, 0.2) is 5.11 Å². The monoisotopic (exact) mass is 533 g/mol. The van der Waals surface area contributed by atoms with E-state index in [0.29, 0.717) is 40.2 Å². The summed E-state index contributed by atoms with van der Waals surface area (Å²) in [5.41, 5.74) is 1.66. The maximum absolute atomic E-state index is 12.5. The summed E-state index contributed by atoms with van der Waals surface area (Å²) in [4.78, 5) is 24.8. The van der Waals surface area contributed by atoms with E-state index in [1.165, 1.54) is 0 Å². The van der Waals surface area contributed by atoms with Crippen LogP contribution in [-0.4, -0.2) is 42.8 Å². The molecule has 33 heavy (non-hydrogen) atoms. The highest BCUT2D eigenvalue weighted by molar-refractivity contribution is 9.10. The van der Waals surface area contributed by atoms with Crippen LogP contribution in [0.1, 0.15) is 53.3 Å². The van der Waals surface area contributed by atoms with Crippen molar-refractivity contribution in [3.05, 3.63) is 58.1 Å². The summed E-state index contributed by atoms with van der Waals surface area (Å²) in [6.45, 7) is 4.00. The zero-order valence-electron chi connectivity index (χ0n) is 18.5. The number of nitrogens with one attached hydrogen (secondary N) is 3. The Hall–Kier alpha value is -2.49. The molecule has 0 bridgehead atoms. The van der Waals surface area contributed by atoms with E-state index in [4.69, 9.17) is 21.7 Å². The highest BCUT2D eigenvalue weighted by Crippen LogP contribution is 2.26. The van der Waals surface area contributed by atoms with Gasteiger partial charge in [0.1, 0.15) is 5.75 Å². The maximum atomic E-state index is 12.5. The van der Waals surface area contributed by atoms with E-state index in [2.05, 4.69) is 38.8 Å². The second-order valence-corrected chi connectivity index (χ2v) is 8.94. The summed E-state index contributed by atoms with van der Waals surface area (Å²) in [7, 11) is 0. The molecule has 1 saturated heterocycles. The number of rotatable bonds is 9. The van der Waals surface area contributed by atoms with Crippen LogP contribution in [0.25, 0.3) is 0 Å². The molecule has 2 amide bonds. The SMILES string of the molecule is CCCCOc1ccc(C(=O)NC(=S)Nc2ccc(C(=O)NCC3CCCO3)cc2)cc1Br. The fraction of sp³-hybridized carbons (Fsp3) is 0.375. The molecular formula is C24H28BrN3O4S. The average molecular weight is 534 g/mol. The first-order valence-corrected chi connectivity index (χ1v) is 12.2. The second-order valence-electron chi connectivity index (χ2n) is 7.68. The highest BCUT2D eigenvalue weighted by atomic mass is 79.9. The Morgan fingerprint density at radius 2 is 1.91 bits per heavy atom. The Morgan fingerprint density at radius 1 is 1.15 bits per heavy atom. The third-order valence-corrected chi connectivity index (χ3v) is 5.92. The van der Waals surface area contributed by atoms with Crippen molar-refractivity contribution >= 4 is 50.8 Å². The summed E-state index contributed by atoms with van der Waals surface area (Å²) in [5, 5.41) is 8.67. The van der Waals surface area contributed by atoms with E-state index < -0.39 is 0 Å². The molecular weight excluding hydrogens is 506 g/mol. The molecule has 1 atom stereocenters. The minimum atomic E-state index is -0.335. The van der Waals surface area contributed by atoms with Crippen LogP contribution in [0.15, 0.2) is 46.9 Å². The minimum Gasteiger partial charge on any atom is -0.492 e. The van der Waals surface area contributed by atoms with Crippen LogP contribution in [0.2, 0.25) is 0 Å². The van der Waals surface area contributed by atoms with Gasteiger partial charge in [0.2, 0.25) is 0 Å². The Bertz CT molecular complexity index is 978. The first-order chi connectivity index (χ1) is 16.0. The van der Waals surface area contributed by atoms with Gasteiger partial charge in [0, 0.05) is 30.0 Å². The zero-order chi connectivity index (χ0) is 23.6. The molecule has 9 heteroatoms. The maximum Gasteiger partial charge on any atom is 0.257 e. The number of halogens is 1. The molecule has 1 aliphatic heterocycles. The lowest BCUT2D eigenvalue weighted by atomic mass is 10.2. The van der Waals surface area contributed by atoms with Crippen LogP contribution < -0.4 is 20.7 Å². The number of hydrogen-bond donors (Lipinski definition) is 3. The molecule has 1 aliphatic rings. The van der Waals surface area contributed by atoms with Gasteiger partial charge in [-0.1, -0.05) is 13.3 Å². The normalized spacial score (nSPS) is 15.0. The lowest BCUT2D eigenvalue weighted by Gasteiger charge is -2.12. The van der Waals surface area contributed by atoms with Crippen LogP contribution in [0.5, 0.6) is 5.75 Å². The number of unbranched alkanes of at least 4 members (excludes halogenated alkanes) is 1. The number of ether oxygens (including phenoxy) is 2. The van der Waals surface area contributed by atoms with E-state index in [9.17, 15) is 9.59 Å². The van der Waals surface area contributed by atoms with E-state index in [1.807, 2.05) is 0 Å². The largest absolute Gasteiger partial charge is 0.492 e. The third kappa shape index (κ3) is 7.80. The molecule has 0 aromatic heterocycles. The fourth-order valence-corrected chi connectivity index (χ4v) is 3.95. The van der Waals surface area contributed by atoms with Crippen molar-refractivity contribution in [3.63, 3.8) is 0 Å². The molecule has 176 valence electrons. The molecule has 0 saturated carbocycles. The predicted octanol–water partition coefficient (Wildman–Crippen LogP) is 4.66. The van der Waals surface area contributed by atoms with Gasteiger partial charge >= 0.3 is 0 Å². The van der Waals surface area contributed by atoms with Gasteiger partial charge in [-0.3, -0.25) is 14.9 Å². The number of amides is 2. The smallest absolute Gasteiger partial charge is 0.257 e. The standard InChI is InChI=1S/C24H28BrN3O4S/c1-2-3-12-32-21-11-8-17(14-20(21)25)23(30)28-24(33)27-18-9-6-16(7-10-18)22(29)26-15-19-5-4-13-31-19/h6-11,14,19H,2-5,12-13,15H2,1H3,(H,26,29)(H2,27,28,30,33). The fourth-order valence-electron chi connectivity index (χ4n) is 3.24. The van der Waals surface area contributed by atoms with Crippen LogP contribution in [-0.2, 0) is 4.74 Å². The van der Waals surface area contributed by atoms with Crippen LogP contribution in [0.4, 0.5) is 5.69 Å². The first kappa shape index (κ1) is 25.1. The molecule has 1 fully saturated rings. The molecule has 0 spiro atoms. The molecule has 2 aromatic carbocycles. The average Bonchev–Trinajstić information content (AvgIpc) is 3.33. The molecule has 0 aliphatic carbocycles. The summed E-state index contributed by atoms with van der Waals surface area (Å²) >= 11 is 8.70. The van der Waals surface area contributed by atoms with Gasteiger partial charge in [-0.15, -0.1) is 0 Å². The van der Waals surface area contributed by atoms with Crippen LogP contribution >= 0.6 is 28.1 Å². The van der Waals surface area contributed by atoms with Crippen molar-refractivity contribution in [2.24, 2.45) is 0 Å². The van der Waals surface area contributed by atoms with Crippen molar-refractivity contribution in [2.45, 2.75) is 38.7 Å². The summed E-state index contributed by atoms with van der Waals surface area (Å²) in [6, 6.07) is 12.0. The van der Waals surface area contributed by atoms with E-state index in [0.717, 1.165) is 32.3 Å². The predicted molar refractivity (Wildman–Crippen MR) is 136 cm³/mol. The lowest BCUT2D eigenvalue weighted by molar-refractivity contribution is 0.0857. The Labute approximate surface area is 207 Å². The van der Waals surface area contributed by atoms with Gasteiger partial charge in [-0.2, -0.15) is 0 Å². The quantitative estimate of drug-likeness (QED) is 0.320. The van der Waals surface area contributed by atoms with Gasteiger partial charge in [0.25, 0.3) is 11.8 Å². The number of anilines is 1. The van der Waals surface area contributed by atoms with Gasteiger partial charge < -0.3 is 20.1 Å². The lowest BCUT2D eigenvalue weighted by Crippen LogP contribution is -2.34. The van der Waals surface area contributed by atoms with Crippen molar-refractivity contribution in [3.8, 4) is 5.75 Å². The Balaban J connectivity index is 1.48. The van der Waals surface area contributed by atoms with Crippen LogP contribution in [0.3, 0.4) is 0 Å². The van der Waals surface area contributed by atoms with Crippen molar-refractivity contribution in [2.75, 3.05) is 25.1 Å². The van der Waals surface area contributed by atoms with Crippen molar-refractivity contribution < 1.29 is 19.1 Å². The number of carbonyl (C=O) groups is 2. The minimum absolute atomic E-state index is 0.0984. The Kier molecular flexibility index (Phi) is 9.65. The molecule has 3 rings (SSSR count). The van der Waals surface area contributed by atoms with Crippen molar-refractivity contribution in [1.29, 1.82) is 0 Å². The molecule has 1 unspecified atom stereocenters. The summed E-state index contributed by atoms with van der Waals surface area (Å²) < 4.78 is 11.9. The van der Waals surface area contributed by atoms with E-state index >= 15 is 0 Å². The van der Waals surface area contributed by atoms with E-state index in [1.54, 1.807) is 42.5 Å². The van der Waals surface area contributed by atoms with Crippen LogP contribution in [0, 0.1) is 0 Å². The second kappa shape index (κ2) is 12.7. The summed E-state index contributed by atoms with van der Waals surface area (Å²) in [6.07, 6.45) is 4.12. The van der Waals surface area contributed by atoms with E-state index in [-0.39, 0.29) is 23.0 Å². The highest BCUT2D eigenvalue weighted by Gasteiger charge is 2.17. The number of benzene rings is 2. The Morgan fingerprint density at radius 3 is 2.58 bits per heavy atom. The number of thiocarbonyl (C=S) groups is 1. The summed E-state index contributed by atoms with van der Waals surface area (Å²) in [5.74, 6) is 0.208. The molecule has 0 radical (unpaired) electrons.